The summed E-state index contributed by atoms with van der Waals surface area (Å²) in [6, 6.07) is 0.629. The molecule has 1 saturated carbocycles. The van der Waals surface area contributed by atoms with Crippen LogP contribution in [0.4, 0.5) is 0 Å². The summed E-state index contributed by atoms with van der Waals surface area (Å²) >= 11 is 4.51. The molecule has 0 aliphatic heterocycles. The zero-order valence-corrected chi connectivity index (χ0v) is 11.7. The topological polar surface area (TPSA) is 23.5 Å². The minimum absolute atomic E-state index is 0.277. The van der Waals surface area contributed by atoms with Gasteiger partial charge in [-0.25, -0.2) is 0 Å². The van der Waals surface area contributed by atoms with Gasteiger partial charge < -0.3 is 5.11 Å². The van der Waals surface area contributed by atoms with Gasteiger partial charge in [0.25, 0.3) is 0 Å². The zero-order valence-electron chi connectivity index (χ0n) is 10.8. The van der Waals surface area contributed by atoms with E-state index < -0.39 is 0 Å². The maximum Gasteiger partial charge on any atom is 0.0558 e. The highest BCUT2D eigenvalue weighted by atomic mass is 32.1. The Bertz CT molecular complexity index is 185. The lowest BCUT2D eigenvalue weighted by atomic mass is 9.69. The van der Waals surface area contributed by atoms with Crippen LogP contribution in [-0.2, 0) is 0 Å². The number of hydrogen-bond donors (Lipinski definition) is 2. The molecule has 1 aliphatic carbocycles. The summed E-state index contributed by atoms with van der Waals surface area (Å²) in [6.07, 6.45) is 6.35. The Morgan fingerprint density at radius 3 is 2.25 bits per heavy atom. The highest BCUT2D eigenvalue weighted by molar-refractivity contribution is 7.80. The molecule has 1 rings (SSSR count). The summed E-state index contributed by atoms with van der Waals surface area (Å²) in [6.45, 7) is 6.71. The van der Waals surface area contributed by atoms with Crippen molar-refractivity contribution in [3.05, 3.63) is 0 Å². The minimum atomic E-state index is 0.277. The second-order valence-electron chi connectivity index (χ2n) is 5.18. The van der Waals surface area contributed by atoms with Crippen molar-refractivity contribution in [2.75, 3.05) is 25.4 Å². The Morgan fingerprint density at radius 1 is 1.31 bits per heavy atom. The van der Waals surface area contributed by atoms with Crippen LogP contribution in [0.5, 0.6) is 0 Å². The molecule has 2 nitrogen and oxygen atoms in total. The fourth-order valence-corrected chi connectivity index (χ4v) is 3.21. The van der Waals surface area contributed by atoms with E-state index in [4.69, 9.17) is 0 Å². The predicted octanol–water partition coefficient (Wildman–Crippen LogP) is 2.57. The smallest absolute Gasteiger partial charge is 0.0558 e. The fourth-order valence-electron chi connectivity index (χ4n) is 2.80. The molecular weight excluding hydrogens is 218 g/mol. The van der Waals surface area contributed by atoms with Crippen molar-refractivity contribution >= 4 is 12.6 Å². The Labute approximate surface area is 106 Å². The van der Waals surface area contributed by atoms with Crippen LogP contribution in [0.3, 0.4) is 0 Å². The molecule has 1 fully saturated rings. The van der Waals surface area contributed by atoms with E-state index in [1.54, 1.807) is 0 Å². The van der Waals surface area contributed by atoms with Crippen LogP contribution in [0.1, 0.15) is 46.0 Å². The van der Waals surface area contributed by atoms with Gasteiger partial charge in [-0.05, 0) is 36.9 Å². The lowest BCUT2D eigenvalue weighted by Crippen LogP contribution is -2.48. The number of aliphatic hydroxyl groups is 1. The quantitative estimate of drug-likeness (QED) is 0.642. The summed E-state index contributed by atoms with van der Waals surface area (Å²) in [7, 11) is 0. The molecule has 0 heterocycles. The van der Waals surface area contributed by atoms with Gasteiger partial charge in [-0.1, -0.05) is 20.3 Å². The van der Waals surface area contributed by atoms with Crippen LogP contribution >= 0.6 is 12.6 Å². The first-order chi connectivity index (χ1) is 7.71. The maximum absolute atomic E-state index is 9.18. The van der Waals surface area contributed by atoms with Gasteiger partial charge in [0, 0.05) is 19.1 Å². The minimum Gasteiger partial charge on any atom is -0.395 e. The fraction of sp³-hybridized carbons (Fsp3) is 1.00. The second kappa shape index (κ2) is 6.87. The molecule has 0 unspecified atom stereocenters. The lowest BCUT2D eigenvalue weighted by Gasteiger charge is -2.46. The predicted molar refractivity (Wildman–Crippen MR) is 73.2 cm³/mol. The van der Waals surface area contributed by atoms with Crippen molar-refractivity contribution in [2.24, 2.45) is 5.41 Å². The molecule has 0 spiro atoms. The van der Waals surface area contributed by atoms with Gasteiger partial charge in [-0.15, -0.1) is 0 Å². The molecule has 3 heteroatoms. The SMILES string of the molecule is CCC(CC)N(CCO)CC1(CS)CCC1. The molecule has 1 N–H and O–H groups in total. The summed E-state index contributed by atoms with van der Waals surface area (Å²) in [5, 5.41) is 9.18. The van der Waals surface area contributed by atoms with E-state index in [1.165, 1.54) is 32.1 Å². The molecule has 1 aliphatic rings. The van der Waals surface area contributed by atoms with Crippen molar-refractivity contribution in [3.63, 3.8) is 0 Å². The Kier molecular flexibility index (Phi) is 6.16. The highest BCUT2D eigenvalue weighted by Crippen LogP contribution is 2.42. The van der Waals surface area contributed by atoms with Gasteiger partial charge in [-0.2, -0.15) is 12.6 Å². The summed E-state index contributed by atoms with van der Waals surface area (Å²) in [4.78, 5) is 2.48. The molecule has 0 bridgehead atoms. The van der Waals surface area contributed by atoms with Crippen LogP contribution in [-0.4, -0.2) is 41.5 Å². The van der Waals surface area contributed by atoms with Gasteiger partial charge in [0.1, 0.15) is 0 Å². The normalized spacial score (nSPS) is 19.1. The summed E-state index contributed by atoms with van der Waals surface area (Å²) in [5.41, 5.74) is 0.445. The van der Waals surface area contributed by atoms with E-state index in [1.807, 2.05) is 0 Å². The number of rotatable bonds is 8. The van der Waals surface area contributed by atoms with Crippen LogP contribution < -0.4 is 0 Å². The average Bonchev–Trinajstić information content (AvgIpc) is 2.25. The summed E-state index contributed by atoms with van der Waals surface area (Å²) in [5.74, 6) is 0.995. The molecule has 96 valence electrons. The molecule has 0 aromatic carbocycles. The van der Waals surface area contributed by atoms with E-state index in [2.05, 4.69) is 31.4 Å². The third kappa shape index (κ3) is 3.38. The van der Waals surface area contributed by atoms with Crippen molar-refractivity contribution in [3.8, 4) is 0 Å². The van der Waals surface area contributed by atoms with Crippen LogP contribution in [0, 0.1) is 5.41 Å². The van der Waals surface area contributed by atoms with Crippen LogP contribution in [0.25, 0.3) is 0 Å². The molecule has 0 radical (unpaired) electrons. The van der Waals surface area contributed by atoms with Crippen LogP contribution in [0.2, 0.25) is 0 Å². The standard InChI is InChI=1S/C13H27NOS/c1-3-12(4-2)14(8-9-15)10-13(11-16)6-5-7-13/h12,15-16H,3-11H2,1-2H3. The first kappa shape index (κ1) is 14.3. The molecule has 16 heavy (non-hydrogen) atoms. The number of thiol groups is 1. The van der Waals surface area contributed by atoms with Crippen molar-refractivity contribution in [1.82, 2.24) is 4.90 Å². The van der Waals surface area contributed by atoms with Crippen LogP contribution in [0.15, 0.2) is 0 Å². The average molecular weight is 245 g/mol. The van der Waals surface area contributed by atoms with E-state index in [-0.39, 0.29) is 6.61 Å². The third-order valence-electron chi connectivity index (χ3n) is 4.13. The Hall–Kier alpha value is 0.270. The zero-order chi connectivity index (χ0) is 12.0. The largest absolute Gasteiger partial charge is 0.395 e. The van der Waals surface area contributed by atoms with E-state index >= 15 is 0 Å². The number of aliphatic hydroxyl groups excluding tert-OH is 1. The van der Waals surface area contributed by atoms with E-state index in [0.717, 1.165) is 18.8 Å². The first-order valence-corrected chi connectivity index (χ1v) is 7.30. The number of hydrogen-bond acceptors (Lipinski definition) is 3. The molecule has 0 saturated heterocycles. The van der Waals surface area contributed by atoms with Gasteiger partial charge in [0.15, 0.2) is 0 Å². The van der Waals surface area contributed by atoms with Gasteiger partial charge in [0.05, 0.1) is 6.61 Å². The lowest BCUT2D eigenvalue weighted by molar-refractivity contribution is 0.0492. The Balaban J connectivity index is 2.55. The van der Waals surface area contributed by atoms with Gasteiger partial charge in [-0.3, -0.25) is 4.90 Å². The molecule has 0 aromatic rings. The molecule has 0 atom stereocenters. The van der Waals surface area contributed by atoms with Crippen molar-refractivity contribution in [1.29, 1.82) is 0 Å². The van der Waals surface area contributed by atoms with E-state index in [0.29, 0.717) is 11.5 Å². The van der Waals surface area contributed by atoms with Gasteiger partial charge >= 0.3 is 0 Å². The third-order valence-corrected chi connectivity index (χ3v) is 4.81. The molecule has 0 amide bonds. The van der Waals surface area contributed by atoms with Gasteiger partial charge in [0.2, 0.25) is 0 Å². The highest BCUT2D eigenvalue weighted by Gasteiger charge is 2.37. The number of nitrogens with zero attached hydrogens (tertiary/aromatic N) is 1. The molecule has 0 aromatic heterocycles. The Morgan fingerprint density at radius 2 is 1.94 bits per heavy atom. The first-order valence-electron chi connectivity index (χ1n) is 6.67. The van der Waals surface area contributed by atoms with Crippen molar-refractivity contribution in [2.45, 2.75) is 52.0 Å². The molecular formula is C13H27NOS. The maximum atomic E-state index is 9.18. The monoisotopic (exact) mass is 245 g/mol. The summed E-state index contributed by atoms with van der Waals surface area (Å²) < 4.78 is 0. The van der Waals surface area contributed by atoms with E-state index in [9.17, 15) is 5.11 Å². The van der Waals surface area contributed by atoms with Crippen molar-refractivity contribution < 1.29 is 5.11 Å². The second-order valence-corrected chi connectivity index (χ2v) is 5.49.